The lowest BCUT2D eigenvalue weighted by Gasteiger charge is -2.32. The molecule has 0 aromatic heterocycles. The molecule has 2 aliphatic rings. The van der Waals surface area contributed by atoms with Crippen molar-refractivity contribution < 1.29 is 4.74 Å². The molecule has 2 nitrogen and oxygen atoms in total. The molecular formula is C17H25NO. The number of aryl methyl sites for hydroxylation is 1. The Hall–Kier alpha value is -0.860. The third-order valence-electron chi connectivity index (χ3n) is 5.02. The molecular weight excluding hydrogens is 234 g/mol. The smallest absolute Gasteiger partial charge is 0.0631 e. The Kier molecular flexibility index (Phi) is 3.18. The fourth-order valence-corrected chi connectivity index (χ4v) is 3.93. The Bertz CT molecular complexity index is 468. The Balaban J connectivity index is 1.82. The molecule has 1 aromatic rings. The average Bonchev–Trinajstić information content (AvgIpc) is 2.92. The van der Waals surface area contributed by atoms with Crippen molar-refractivity contribution in [2.45, 2.75) is 63.1 Å². The molecule has 1 saturated heterocycles. The molecule has 0 saturated carbocycles. The van der Waals surface area contributed by atoms with Crippen molar-refractivity contribution in [3.05, 3.63) is 35.4 Å². The molecule has 19 heavy (non-hydrogen) atoms. The van der Waals surface area contributed by atoms with E-state index in [1.165, 1.54) is 36.8 Å². The number of fused-ring (bicyclic) bond motifs is 1. The summed E-state index contributed by atoms with van der Waals surface area (Å²) in [4.78, 5) is 0. The summed E-state index contributed by atoms with van der Waals surface area (Å²) in [5.74, 6) is 0. The summed E-state index contributed by atoms with van der Waals surface area (Å²) in [6.45, 7) is 5.14. The molecule has 2 atom stereocenters. The molecule has 1 aliphatic heterocycles. The molecule has 0 amide bonds. The predicted octanol–water partition coefficient (Wildman–Crippen LogP) is 3.18. The van der Waals surface area contributed by atoms with Crippen molar-refractivity contribution in [1.82, 2.24) is 0 Å². The Morgan fingerprint density at radius 2 is 2.05 bits per heavy atom. The third kappa shape index (κ3) is 2.32. The first-order chi connectivity index (χ1) is 9.05. The number of rotatable bonds is 3. The number of benzene rings is 1. The van der Waals surface area contributed by atoms with E-state index in [0.29, 0.717) is 6.10 Å². The maximum Gasteiger partial charge on any atom is 0.0631 e. The highest BCUT2D eigenvalue weighted by atomic mass is 16.5. The van der Waals surface area contributed by atoms with Crippen molar-refractivity contribution in [3.8, 4) is 0 Å². The van der Waals surface area contributed by atoms with Crippen LogP contribution in [-0.2, 0) is 16.6 Å². The van der Waals surface area contributed by atoms with E-state index in [9.17, 15) is 0 Å². The first-order valence-electron chi connectivity index (χ1n) is 7.51. The van der Waals surface area contributed by atoms with Crippen LogP contribution in [0.25, 0.3) is 0 Å². The van der Waals surface area contributed by atoms with Gasteiger partial charge in [-0.2, -0.15) is 0 Å². The molecule has 104 valence electrons. The number of nitrogens with two attached hydrogens (primary N) is 1. The SMILES string of the molecule is CC1(C)CCC(CC2(CN)CCc3ccccc32)O1. The quantitative estimate of drug-likeness (QED) is 0.905. The molecule has 1 heterocycles. The van der Waals surface area contributed by atoms with E-state index in [1.807, 2.05) is 0 Å². The summed E-state index contributed by atoms with van der Waals surface area (Å²) >= 11 is 0. The standard InChI is InChI=1S/C17H25NO/c1-16(2)9-8-14(19-16)11-17(12-18)10-7-13-5-3-4-6-15(13)17/h3-6,14H,7-12,18H2,1-2H3. The molecule has 2 N–H and O–H groups in total. The van der Waals surface area contributed by atoms with Crippen LogP contribution < -0.4 is 5.73 Å². The van der Waals surface area contributed by atoms with Gasteiger partial charge in [0.15, 0.2) is 0 Å². The minimum atomic E-state index is 0.0541. The molecule has 3 rings (SSSR count). The highest BCUT2D eigenvalue weighted by Gasteiger charge is 2.42. The van der Waals surface area contributed by atoms with Crippen molar-refractivity contribution in [2.24, 2.45) is 5.73 Å². The summed E-state index contributed by atoms with van der Waals surface area (Å²) in [6, 6.07) is 8.82. The van der Waals surface area contributed by atoms with Crippen LogP contribution in [0.4, 0.5) is 0 Å². The van der Waals surface area contributed by atoms with E-state index in [4.69, 9.17) is 10.5 Å². The van der Waals surface area contributed by atoms with Gasteiger partial charge in [-0.3, -0.25) is 0 Å². The summed E-state index contributed by atoms with van der Waals surface area (Å²) in [5.41, 5.74) is 9.35. The molecule has 1 fully saturated rings. The van der Waals surface area contributed by atoms with Crippen molar-refractivity contribution in [3.63, 3.8) is 0 Å². The van der Waals surface area contributed by atoms with Gasteiger partial charge in [-0.25, -0.2) is 0 Å². The maximum absolute atomic E-state index is 6.20. The van der Waals surface area contributed by atoms with Crippen LogP contribution in [-0.4, -0.2) is 18.2 Å². The number of ether oxygens (including phenoxy) is 1. The van der Waals surface area contributed by atoms with Gasteiger partial charge in [0.1, 0.15) is 0 Å². The van der Waals surface area contributed by atoms with Crippen LogP contribution in [0.3, 0.4) is 0 Å². The van der Waals surface area contributed by atoms with Gasteiger partial charge in [-0.1, -0.05) is 24.3 Å². The van der Waals surface area contributed by atoms with Gasteiger partial charge >= 0.3 is 0 Å². The van der Waals surface area contributed by atoms with Gasteiger partial charge in [0, 0.05) is 12.0 Å². The number of hydrogen-bond acceptors (Lipinski definition) is 2. The van der Waals surface area contributed by atoms with E-state index in [-0.39, 0.29) is 11.0 Å². The lowest BCUT2D eigenvalue weighted by molar-refractivity contribution is -0.0270. The normalized spacial score (nSPS) is 32.5. The summed E-state index contributed by atoms with van der Waals surface area (Å²) in [5, 5.41) is 0. The van der Waals surface area contributed by atoms with Crippen molar-refractivity contribution >= 4 is 0 Å². The lowest BCUT2D eigenvalue weighted by atomic mass is 9.76. The summed E-state index contributed by atoms with van der Waals surface area (Å²) < 4.78 is 6.20. The minimum absolute atomic E-state index is 0.0541. The predicted molar refractivity (Wildman–Crippen MR) is 78.3 cm³/mol. The Morgan fingerprint density at radius 1 is 1.26 bits per heavy atom. The lowest BCUT2D eigenvalue weighted by Crippen LogP contribution is -2.37. The van der Waals surface area contributed by atoms with E-state index >= 15 is 0 Å². The highest BCUT2D eigenvalue weighted by molar-refractivity contribution is 5.40. The monoisotopic (exact) mass is 259 g/mol. The Labute approximate surface area is 116 Å². The zero-order chi connectivity index (χ0) is 13.5. The molecule has 2 unspecified atom stereocenters. The topological polar surface area (TPSA) is 35.2 Å². The molecule has 0 radical (unpaired) electrons. The zero-order valence-corrected chi connectivity index (χ0v) is 12.1. The van der Waals surface area contributed by atoms with Crippen LogP contribution in [0.2, 0.25) is 0 Å². The molecule has 1 aromatic carbocycles. The average molecular weight is 259 g/mol. The molecule has 0 spiro atoms. The Morgan fingerprint density at radius 3 is 2.74 bits per heavy atom. The van der Waals surface area contributed by atoms with E-state index in [1.54, 1.807) is 0 Å². The summed E-state index contributed by atoms with van der Waals surface area (Å²) in [6.07, 6.45) is 6.16. The van der Waals surface area contributed by atoms with Crippen molar-refractivity contribution in [2.75, 3.05) is 6.54 Å². The summed E-state index contributed by atoms with van der Waals surface area (Å²) in [7, 11) is 0. The van der Waals surface area contributed by atoms with Crippen molar-refractivity contribution in [1.29, 1.82) is 0 Å². The van der Waals surface area contributed by atoms with Gasteiger partial charge in [0.05, 0.1) is 11.7 Å². The van der Waals surface area contributed by atoms with Crippen LogP contribution in [0.15, 0.2) is 24.3 Å². The van der Waals surface area contributed by atoms with Gasteiger partial charge in [-0.05, 0) is 57.1 Å². The third-order valence-corrected chi connectivity index (χ3v) is 5.02. The molecule has 0 bridgehead atoms. The van der Waals surface area contributed by atoms with E-state index in [2.05, 4.69) is 38.1 Å². The highest BCUT2D eigenvalue weighted by Crippen LogP contribution is 2.44. The second-order valence-corrected chi connectivity index (χ2v) is 6.88. The second kappa shape index (κ2) is 4.60. The second-order valence-electron chi connectivity index (χ2n) is 6.88. The molecule has 2 heteroatoms. The van der Waals surface area contributed by atoms with Crippen LogP contribution >= 0.6 is 0 Å². The van der Waals surface area contributed by atoms with Gasteiger partial charge < -0.3 is 10.5 Å². The van der Waals surface area contributed by atoms with Crippen LogP contribution in [0, 0.1) is 0 Å². The first-order valence-corrected chi connectivity index (χ1v) is 7.51. The van der Waals surface area contributed by atoms with Crippen LogP contribution in [0.1, 0.15) is 50.7 Å². The minimum Gasteiger partial charge on any atom is -0.372 e. The number of hydrogen-bond donors (Lipinski definition) is 1. The fourth-order valence-electron chi connectivity index (χ4n) is 3.93. The largest absolute Gasteiger partial charge is 0.372 e. The molecule has 1 aliphatic carbocycles. The van der Waals surface area contributed by atoms with Gasteiger partial charge in [0.2, 0.25) is 0 Å². The first kappa shape index (κ1) is 13.1. The van der Waals surface area contributed by atoms with Gasteiger partial charge in [0.25, 0.3) is 0 Å². The van der Waals surface area contributed by atoms with Gasteiger partial charge in [-0.15, -0.1) is 0 Å². The maximum atomic E-state index is 6.20. The zero-order valence-electron chi connectivity index (χ0n) is 12.1. The van der Waals surface area contributed by atoms with E-state index in [0.717, 1.165) is 13.0 Å². The van der Waals surface area contributed by atoms with Crippen LogP contribution in [0.5, 0.6) is 0 Å². The fraction of sp³-hybridized carbons (Fsp3) is 0.647. The van der Waals surface area contributed by atoms with E-state index < -0.39 is 0 Å².